The molecule has 31 heavy (non-hydrogen) atoms. The predicted octanol–water partition coefficient (Wildman–Crippen LogP) is 7.14. The Kier molecular flexibility index (Phi) is 10.7. The molecule has 0 aliphatic rings. The van der Waals surface area contributed by atoms with Gasteiger partial charge in [0.05, 0.1) is 11.1 Å². The van der Waals surface area contributed by atoms with E-state index in [4.69, 9.17) is 21.1 Å². The lowest BCUT2D eigenvalue weighted by molar-refractivity contribution is 0.267. The quantitative estimate of drug-likeness (QED) is 0.286. The molecule has 3 aromatic carbocycles. The normalized spacial score (nSPS) is 10.5. The summed E-state index contributed by atoms with van der Waals surface area (Å²) < 4.78 is 12.8. The summed E-state index contributed by atoms with van der Waals surface area (Å²) in [6, 6.07) is 20.5. The average molecular weight is 525 g/mol. The van der Waals surface area contributed by atoms with Gasteiger partial charge < -0.3 is 14.8 Å². The summed E-state index contributed by atoms with van der Waals surface area (Å²) in [6.07, 6.45) is 0.953. The van der Waals surface area contributed by atoms with E-state index in [9.17, 15) is 0 Å². The molecule has 1 N–H and O–H groups in total. The van der Waals surface area contributed by atoms with E-state index in [0.717, 1.165) is 51.6 Å². The molecule has 0 heterocycles. The lowest BCUT2D eigenvalue weighted by Gasteiger charge is -2.16. The van der Waals surface area contributed by atoms with Gasteiger partial charge in [-0.05, 0) is 83.7 Å². The Labute approximate surface area is 204 Å². The molecule has 3 aromatic rings. The van der Waals surface area contributed by atoms with Crippen LogP contribution < -0.4 is 14.8 Å². The van der Waals surface area contributed by atoms with Crippen LogP contribution in [0.25, 0.3) is 0 Å². The zero-order valence-electron chi connectivity index (χ0n) is 17.8. The summed E-state index contributed by atoms with van der Waals surface area (Å²) in [4.78, 5) is 0. The third kappa shape index (κ3) is 8.04. The molecule has 0 unspecified atom stereocenters. The molecule has 0 spiro atoms. The maximum absolute atomic E-state index is 6.09. The van der Waals surface area contributed by atoms with Gasteiger partial charge >= 0.3 is 0 Å². The van der Waals surface area contributed by atoms with Crippen LogP contribution in [0.5, 0.6) is 11.5 Å². The number of nitrogens with one attached hydrogen (secondary N) is 1. The van der Waals surface area contributed by atoms with Crippen LogP contribution in [0.1, 0.15) is 29.2 Å². The molecule has 0 aliphatic carbocycles. The van der Waals surface area contributed by atoms with Crippen molar-refractivity contribution in [3.05, 3.63) is 92.4 Å². The fraction of sp³-hybridized carbons (Fsp3) is 0.280. The Morgan fingerprint density at radius 3 is 2.26 bits per heavy atom. The molecule has 0 aromatic heterocycles. The lowest BCUT2D eigenvalue weighted by Crippen LogP contribution is -2.17. The minimum absolute atomic E-state index is 0. The second-order valence-electron chi connectivity index (χ2n) is 7.17. The van der Waals surface area contributed by atoms with Gasteiger partial charge in [-0.2, -0.15) is 0 Å². The Hall–Kier alpha value is -1.72. The van der Waals surface area contributed by atoms with E-state index in [1.807, 2.05) is 25.1 Å². The first kappa shape index (κ1) is 25.5. The van der Waals surface area contributed by atoms with Gasteiger partial charge in [-0.1, -0.05) is 53.6 Å². The van der Waals surface area contributed by atoms with Crippen molar-refractivity contribution in [3.63, 3.8) is 0 Å². The van der Waals surface area contributed by atoms with E-state index >= 15 is 0 Å². The lowest BCUT2D eigenvalue weighted by atomic mass is 10.1. The van der Waals surface area contributed by atoms with E-state index in [1.54, 1.807) is 0 Å². The number of halogens is 3. The summed E-state index contributed by atoms with van der Waals surface area (Å²) in [5.41, 5.74) is 4.78. The van der Waals surface area contributed by atoms with E-state index in [2.05, 4.69) is 70.6 Å². The summed E-state index contributed by atoms with van der Waals surface area (Å²) in [7, 11) is 0. The minimum Gasteiger partial charge on any atom is -0.490 e. The molecule has 0 saturated carbocycles. The van der Waals surface area contributed by atoms with Crippen LogP contribution in [0.3, 0.4) is 0 Å². The summed E-state index contributed by atoms with van der Waals surface area (Å²) >= 11 is 9.60. The van der Waals surface area contributed by atoms with Crippen LogP contribution in [-0.4, -0.2) is 13.2 Å². The minimum atomic E-state index is 0. The first-order chi connectivity index (χ1) is 14.5. The van der Waals surface area contributed by atoms with Gasteiger partial charge in [0.15, 0.2) is 11.5 Å². The zero-order valence-corrected chi connectivity index (χ0v) is 20.9. The van der Waals surface area contributed by atoms with Crippen molar-refractivity contribution >= 4 is 39.9 Å². The van der Waals surface area contributed by atoms with Crippen molar-refractivity contribution in [2.24, 2.45) is 0 Å². The van der Waals surface area contributed by atoms with E-state index in [1.165, 1.54) is 11.1 Å². The number of ether oxygens (including phenoxy) is 2. The molecular weight excluding hydrogens is 497 g/mol. The van der Waals surface area contributed by atoms with Gasteiger partial charge in [-0.25, -0.2) is 0 Å². The van der Waals surface area contributed by atoms with Crippen molar-refractivity contribution in [1.29, 1.82) is 0 Å². The van der Waals surface area contributed by atoms with Crippen LogP contribution >= 0.6 is 39.9 Å². The van der Waals surface area contributed by atoms with E-state index in [-0.39, 0.29) is 12.4 Å². The predicted molar refractivity (Wildman–Crippen MR) is 135 cm³/mol. The Balaban J connectivity index is 0.00000341. The van der Waals surface area contributed by atoms with E-state index in [0.29, 0.717) is 13.2 Å². The third-order valence-electron chi connectivity index (χ3n) is 4.71. The van der Waals surface area contributed by atoms with Crippen LogP contribution in [0.15, 0.2) is 65.1 Å². The molecule has 6 heteroatoms. The summed E-state index contributed by atoms with van der Waals surface area (Å²) in [6.45, 7) is 6.78. The second kappa shape index (κ2) is 13.0. The smallest absolute Gasteiger partial charge is 0.175 e. The average Bonchev–Trinajstić information content (AvgIpc) is 2.73. The van der Waals surface area contributed by atoms with E-state index < -0.39 is 0 Å². The molecule has 3 rings (SSSR count). The van der Waals surface area contributed by atoms with Crippen LogP contribution in [0.4, 0.5) is 0 Å². The Bertz CT molecular complexity index is 947. The third-order valence-corrected chi connectivity index (χ3v) is 5.55. The maximum atomic E-state index is 6.09. The fourth-order valence-corrected chi connectivity index (χ4v) is 3.81. The van der Waals surface area contributed by atoms with Crippen LogP contribution in [0.2, 0.25) is 5.02 Å². The fourth-order valence-electron chi connectivity index (χ4n) is 3.08. The molecule has 0 amide bonds. The maximum Gasteiger partial charge on any atom is 0.175 e. The molecule has 3 nitrogen and oxygen atoms in total. The van der Waals surface area contributed by atoms with Gasteiger partial charge in [-0.15, -0.1) is 12.4 Å². The number of benzene rings is 3. The number of hydrogen-bond acceptors (Lipinski definition) is 3. The molecule has 0 fully saturated rings. The topological polar surface area (TPSA) is 30.5 Å². The molecule has 0 bridgehead atoms. The number of aryl methyl sites for hydroxylation is 1. The summed E-state index contributed by atoms with van der Waals surface area (Å²) in [5.74, 6) is 1.50. The highest BCUT2D eigenvalue weighted by Crippen LogP contribution is 2.37. The number of rotatable bonds is 10. The van der Waals surface area contributed by atoms with Gasteiger partial charge in [0.25, 0.3) is 0 Å². The zero-order chi connectivity index (χ0) is 21.3. The molecular formula is C25H28BrCl2NO2. The monoisotopic (exact) mass is 523 g/mol. The molecule has 0 aliphatic heterocycles. The van der Waals surface area contributed by atoms with Crippen molar-refractivity contribution in [2.75, 3.05) is 13.2 Å². The van der Waals surface area contributed by atoms with Gasteiger partial charge in [0, 0.05) is 11.6 Å². The Morgan fingerprint density at radius 1 is 0.903 bits per heavy atom. The van der Waals surface area contributed by atoms with Crippen molar-refractivity contribution < 1.29 is 9.47 Å². The second-order valence-corrected chi connectivity index (χ2v) is 8.46. The Morgan fingerprint density at radius 2 is 1.58 bits per heavy atom. The summed E-state index contributed by atoms with van der Waals surface area (Å²) in [5, 5.41) is 4.26. The largest absolute Gasteiger partial charge is 0.490 e. The standard InChI is InChI=1S/C25H27BrClNO2.ClH/c1-3-29-24-15-21(16-28-13-12-19-8-10-22(27)11-9-19)14-23(26)25(24)30-17-20-6-4-18(2)5-7-20;/h4-11,14-15,28H,3,12-13,16-17H2,1-2H3;1H. The SMILES string of the molecule is CCOc1cc(CNCCc2ccc(Cl)cc2)cc(Br)c1OCc1ccc(C)cc1.Cl. The van der Waals surface area contributed by atoms with Crippen molar-refractivity contribution in [2.45, 2.75) is 33.4 Å². The van der Waals surface area contributed by atoms with Gasteiger partial charge in [0.2, 0.25) is 0 Å². The highest BCUT2D eigenvalue weighted by molar-refractivity contribution is 9.10. The molecule has 0 saturated heterocycles. The first-order valence-electron chi connectivity index (χ1n) is 10.1. The highest BCUT2D eigenvalue weighted by Gasteiger charge is 2.13. The van der Waals surface area contributed by atoms with Gasteiger partial charge in [-0.3, -0.25) is 0 Å². The van der Waals surface area contributed by atoms with Crippen molar-refractivity contribution in [1.82, 2.24) is 5.32 Å². The van der Waals surface area contributed by atoms with Crippen molar-refractivity contribution in [3.8, 4) is 11.5 Å². The van der Waals surface area contributed by atoms with Gasteiger partial charge in [0.1, 0.15) is 6.61 Å². The molecule has 0 atom stereocenters. The van der Waals surface area contributed by atoms with Crippen LogP contribution in [-0.2, 0) is 19.6 Å². The first-order valence-corrected chi connectivity index (χ1v) is 11.3. The van der Waals surface area contributed by atoms with Crippen LogP contribution in [0, 0.1) is 6.92 Å². The molecule has 0 radical (unpaired) electrons. The number of hydrogen-bond donors (Lipinski definition) is 1. The highest BCUT2D eigenvalue weighted by atomic mass is 79.9. The molecule has 166 valence electrons.